The van der Waals surface area contributed by atoms with Gasteiger partial charge in [0, 0.05) is 6.04 Å². The highest BCUT2D eigenvalue weighted by atomic mass is 32.1. The number of para-hydroxylation sites is 2. The number of hydrogen-bond donors (Lipinski definition) is 1. The lowest BCUT2D eigenvalue weighted by atomic mass is 10.3. The zero-order valence-electron chi connectivity index (χ0n) is 11.2. The molecule has 0 fully saturated rings. The van der Waals surface area contributed by atoms with Gasteiger partial charge < -0.3 is 10.3 Å². The zero-order valence-corrected chi connectivity index (χ0v) is 12.0. The van der Waals surface area contributed by atoms with Gasteiger partial charge in [0.2, 0.25) is 0 Å². The molecule has 0 saturated heterocycles. The summed E-state index contributed by atoms with van der Waals surface area (Å²) in [6.45, 7) is 6.31. The van der Waals surface area contributed by atoms with Gasteiger partial charge in [0.05, 0.1) is 21.6 Å². The number of benzene rings is 1. The average Bonchev–Trinajstić information content (AvgIpc) is 2.88. The van der Waals surface area contributed by atoms with E-state index < -0.39 is 0 Å². The second-order valence-corrected chi connectivity index (χ2v) is 5.89. The molecule has 19 heavy (non-hydrogen) atoms. The van der Waals surface area contributed by atoms with Crippen LogP contribution in [0.3, 0.4) is 0 Å². The molecule has 1 aromatic carbocycles. The van der Waals surface area contributed by atoms with Crippen LogP contribution in [-0.2, 0) is 0 Å². The van der Waals surface area contributed by atoms with E-state index in [0.29, 0.717) is 11.2 Å². The molecule has 0 unspecified atom stereocenters. The van der Waals surface area contributed by atoms with Crippen molar-refractivity contribution in [2.45, 2.75) is 26.8 Å². The first kappa shape index (κ1) is 12.2. The Morgan fingerprint density at radius 3 is 2.58 bits per heavy atom. The van der Waals surface area contributed by atoms with Crippen molar-refractivity contribution < 1.29 is 0 Å². The minimum atomic E-state index is 0.338. The van der Waals surface area contributed by atoms with E-state index in [2.05, 4.69) is 29.5 Å². The minimum absolute atomic E-state index is 0.338. The van der Waals surface area contributed by atoms with Gasteiger partial charge in [-0.1, -0.05) is 23.5 Å². The predicted molar refractivity (Wildman–Crippen MR) is 80.4 cm³/mol. The smallest absolute Gasteiger partial charge is 0.180 e. The molecule has 0 aliphatic rings. The Balaban J connectivity index is 2.34. The maximum Gasteiger partial charge on any atom is 0.180 e. The van der Waals surface area contributed by atoms with Gasteiger partial charge in [0.1, 0.15) is 0 Å². The Labute approximate surface area is 115 Å². The molecule has 0 saturated carbocycles. The molecule has 0 radical (unpaired) electrons. The van der Waals surface area contributed by atoms with Gasteiger partial charge in [-0.2, -0.15) is 0 Å². The summed E-state index contributed by atoms with van der Waals surface area (Å²) in [5, 5.41) is 0.592. The van der Waals surface area contributed by atoms with Crippen LogP contribution in [0.2, 0.25) is 0 Å². The van der Waals surface area contributed by atoms with Crippen molar-refractivity contribution in [1.82, 2.24) is 14.5 Å². The third-order valence-electron chi connectivity index (χ3n) is 3.13. The second kappa shape index (κ2) is 4.35. The van der Waals surface area contributed by atoms with Crippen LogP contribution in [0.4, 0.5) is 5.13 Å². The molecule has 0 atom stereocenters. The zero-order chi connectivity index (χ0) is 13.6. The maximum atomic E-state index is 5.81. The summed E-state index contributed by atoms with van der Waals surface area (Å²) in [6.07, 6.45) is 0. The molecule has 0 aliphatic heterocycles. The lowest BCUT2D eigenvalue weighted by Crippen LogP contribution is -2.02. The van der Waals surface area contributed by atoms with E-state index in [-0.39, 0.29) is 0 Å². The van der Waals surface area contributed by atoms with Gasteiger partial charge in [0.25, 0.3) is 0 Å². The molecule has 2 heterocycles. The number of nitrogen functional groups attached to an aromatic ring is 1. The highest BCUT2D eigenvalue weighted by Crippen LogP contribution is 2.34. The number of imidazole rings is 1. The summed E-state index contributed by atoms with van der Waals surface area (Å²) in [4.78, 5) is 10.1. The summed E-state index contributed by atoms with van der Waals surface area (Å²) in [6, 6.07) is 8.53. The molecule has 3 aromatic rings. The lowest BCUT2D eigenvalue weighted by Gasteiger charge is -2.12. The fraction of sp³-hybridized carbons (Fsp3) is 0.286. The summed E-state index contributed by atoms with van der Waals surface area (Å²) >= 11 is 1.50. The first-order valence-corrected chi connectivity index (χ1v) is 7.10. The van der Waals surface area contributed by atoms with Crippen LogP contribution < -0.4 is 5.73 Å². The van der Waals surface area contributed by atoms with Gasteiger partial charge in [0.15, 0.2) is 11.0 Å². The molecular weight excluding hydrogens is 256 g/mol. The monoisotopic (exact) mass is 272 g/mol. The fourth-order valence-corrected chi connectivity index (χ4v) is 3.17. The van der Waals surface area contributed by atoms with Crippen LogP contribution >= 0.6 is 11.3 Å². The van der Waals surface area contributed by atoms with Crippen LogP contribution in [0.5, 0.6) is 0 Å². The van der Waals surface area contributed by atoms with Crippen LogP contribution in [0.15, 0.2) is 24.3 Å². The van der Waals surface area contributed by atoms with Crippen LogP contribution in [0, 0.1) is 6.92 Å². The Morgan fingerprint density at radius 2 is 1.95 bits per heavy atom. The number of rotatable bonds is 2. The van der Waals surface area contributed by atoms with E-state index in [9.17, 15) is 0 Å². The Bertz CT molecular complexity index is 739. The molecule has 0 bridgehead atoms. The number of nitrogens with two attached hydrogens (primary N) is 1. The fourth-order valence-electron chi connectivity index (χ4n) is 2.35. The molecule has 3 rings (SSSR count). The molecule has 4 nitrogen and oxygen atoms in total. The number of nitrogens with zero attached hydrogens (tertiary/aromatic N) is 3. The second-order valence-electron chi connectivity index (χ2n) is 4.85. The van der Waals surface area contributed by atoms with Gasteiger partial charge >= 0.3 is 0 Å². The Kier molecular flexibility index (Phi) is 2.78. The SMILES string of the molecule is Cc1nc(N)sc1-c1nc2ccccc2n1C(C)C. The van der Waals surface area contributed by atoms with Crippen molar-refractivity contribution in [2.75, 3.05) is 5.73 Å². The molecule has 2 N–H and O–H groups in total. The Hall–Kier alpha value is -1.88. The van der Waals surface area contributed by atoms with E-state index >= 15 is 0 Å². The van der Waals surface area contributed by atoms with Crippen molar-refractivity contribution >= 4 is 27.5 Å². The molecule has 2 aromatic heterocycles. The first-order valence-electron chi connectivity index (χ1n) is 6.28. The summed E-state index contributed by atoms with van der Waals surface area (Å²) in [5.41, 5.74) is 8.92. The first-order chi connectivity index (χ1) is 9.08. The third kappa shape index (κ3) is 1.90. The molecule has 0 spiro atoms. The summed E-state index contributed by atoms with van der Waals surface area (Å²) in [7, 11) is 0. The number of anilines is 1. The van der Waals surface area contributed by atoms with Crippen molar-refractivity contribution in [3.8, 4) is 10.7 Å². The number of aromatic nitrogens is 3. The normalized spacial score (nSPS) is 11.6. The van der Waals surface area contributed by atoms with Crippen molar-refractivity contribution in [1.29, 1.82) is 0 Å². The molecule has 0 aliphatic carbocycles. The molecule has 5 heteroatoms. The van der Waals surface area contributed by atoms with Crippen LogP contribution in [0.25, 0.3) is 21.7 Å². The lowest BCUT2D eigenvalue weighted by molar-refractivity contribution is 0.625. The average molecular weight is 272 g/mol. The number of thiazole rings is 1. The van der Waals surface area contributed by atoms with E-state index in [1.807, 2.05) is 25.1 Å². The van der Waals surface area contributed by atoms with E-state index in [1.54, 1.807) is 0 Å². The highest BCUT2D eigenvalue weighted by molar-refractivity contribution is 7.18. The molecule has 0 amide bonds. The number of aryl methyl sites for hydroxylation is 1. The van der Waals surface area contributed by atoms with Crippen LogP contribution in [0.1, 0.15) is 25.6 Å². The topological polar surface area (TPSA) is 56.7 Å². The van der Waals surface area contributed by atoms with Gasteiger partial charge in [-0.05, 0) is 32.9 Å². The maximum absolute atomic E-state index is 5.81. The number of hydrogen-bond acceptors (Lipinski definition) is 4. The quantitative estimate of drug-likeness (QED) is 0.775. The molecular formula is C14H16N4S. The minimum Gasteiger partial charge on any atom is -0.375 e. The van der Waals surface area contributed by atoms with Gasteiger partial charge in [-0.3, -0.25) is 0 Å². The van der Waals surface area contributed by atoms with Gasteiger partial charge in [-0.25, -0.2) is 9.97 Å². The highest BCUT2D eigenvalue weighted by Gasteiger charge is 2.18. The summed E-state index contributed by atoms with van der Waals surface area (Å²) in [5.74, 6) is 0.961. The largest absolute Gasteiger partial charge is 0.375 e. The molecule has 98 valence electrons. The third-order valence-corrected chi connectivity index (χ3v) is 4.11. The van der Waals surface area contributed by atoms with Crippen molar-refractivity contribution in [2.24, 2.45) is 0 Å². The van der Waals surface area contributed by atoms with E-state index in [4.69, 9.17) is 10.7 Å². The Morgan fingerprint density at radius 1 is 1.21 bits per heavy atom. The van der Waals surface area contributed by atoms with E-state index in [1.165, 1.54) is 11.3 Å². The predicted octanol–water partition coefficient (Wildman–Crippen LogP) is 3.63. The van der Waals surface area contributed by atoms with Gasteiger partial charge in [-0.15, -0.1) is 0 Å². The summed E-state index contributed by atoms with van der Waals surface area (Å²) < 4.78 is 2.25. The van der Waals surface area contributed by atoms with Crippen molar-refractivity contribution in [3.05, 3.63) is 30.0 Å². The van der Waals surface area contributed by atoms with Crippen molar-refractivity contribution in [3.63, 3.8) is 0 Å². The standard InChI is InChI=1S/C14H16N4S/c1-8(2)18-11-7-5-4-6-10(11)17-13(18)12-9(3)16-14(15)19-12/h4-8H,1-3H3,(H2,15,16). The number of fused-ring (bicyclic) bond motifs is 1. The van der Waals surface area contributed by atoms with E-state index in [0.717, 1.165) is 27.4 Å². The van der Waals surface area contributed by atoms with Crippen LogP contribution in [-0.4, -0.2) is 14.5 Å².